The van der Waals surface area contributed by atoms with Gasteiger partial charge < -0.3 is 10.0 Å². The van der Waals surface area contributed by atoms with Crippen molar-refractivity contribution in [3.8, 4) is 5.88 Å². The van der Waals surface area contributed by atoms with Crippen LogP contribution in [0, 0.1) is 0 Å². The second-order valence-electron chi connectivity index (χ2n) is 6.35. The molecule has 0 atom stereocenters. The number of H-pyrrole nitrogens is 1. The summed E-state index contributed by atoms with van der Waals surface area (Å²) in [4.78, 5) is 33.1. The molecule has 7 nitrogen and oxygen atoms in total. The molecule has 146 valence electrons. The summed E-state index contributed by atoms with van der Waals surface area (Å²) in [5.41, 5.74) is 0.921. The van der Waals surface area contributed by atoms with E-state index in [1.54, 1.807) is 6.92 Å². The minimum Gasteiger partial charge on any atom is -0.494 e. The Labute approximate surface area is 159 Å². The number of rotatable bonds is 8. The summed E-state index contributed by atoms with van der Waals surface area (Å²) in [7, 11) is 0. The van der Waals surface area contributed by atoms with Crippen LogP contribution >= 0.6 is 0 Å². The van der Waals surface area contributed by atoms with Crippen molar-refractivity contribution in [1.82, 2.24) is 9.55 Å². The van der Waals surface area contributed by atoms with Crippen LogP contribution in [0.5, 0.6) is 5.88 Å². The molecule has 0 aliphatic heterocycles. The highest BCUT2D eigenvalue weighted by Gasteiger charge is 2.16. The summed E-state index contributed by atoms with van der Waals surface area (Å²) in [6.45, 7) is 10.0. The summed E-state index contributed by atoms with van der Waals surface area (Å²) in [6.07, 6.45) is 1.59. The van der Waals surface area contributed by atoms with E-state index in [4.69, 9.17) is 0 Å². The van der Waals surface area contributed by atoms with E-state index in [1.807, 2.05) is 31.2 Å². The molecule has 0 aliphatic carbocycles. The number of nitrogens with zero attached hydrogens (tertiary/aromatic N) is 3. The lowest BCUT2D eigenvalue weighted by molar-refractivity contribution is 0.394. The minimum atomic E-state index is -0.633. The molecule has 1 aromatic heterocycles. The van der Waals surface area contributed by atoms with Crippen LogP contribution in [0.3, 0.4) is 0 Å². The second-order valence-corrected chi connectivity index (χ2v) is 6.35. The van der Waals surface area contributed by atoms with Crippen LogP contribution in [0.2, 0.25) is 0 Å². The van der Waals surface area contributed by atoms with Gasteiger partial charge >= 0.3 is 5.69 Å². The van der Waals surface area contributed by atoms with Gasteiger partial charge in [-0.2, -0.15) is 0 Å². The van der Waals surface area contributed by atoms with Gasteiger partial charge in [-0.1, -0.05) is 13.3 Å². The van der Waals surface area contributed by atoms with Gasteiger partial charge in [0.1, 0.15) is 5.56 Å². The lowest BCUT2D eigenvalue weighted by atomic mass is 10.2. The van der Waals surface area contributed by atoms with E-state index in [0.29, 0.717) is 17.9 Å². The van der Waals surface area contributed by atoms with Crippen LogP contribution in [0.15, 0.2) is 38.8 Å². The molecule has 1 heterocycles. The molecule has 0 aliphatic rings. The van der Waals surface area contributed by atoms with E-state index >= 15 is 0 Å². The first-order chi connectivity index (χ1) is 12.9. The van der Waals surface area contributed by atoms with Crippen molar-refractivity contribution in [3.05, 3.63) is 50.7 Å². The predicted molar refractivity (Wildman–Crippen MR) is 110 cm³/mol. The van der Waals surface area contributed by atoms with Gasteiger partial charge in [0.2, 0.25) is 5.88 Å². The van der Waals surface area contributed by atoms with Crippen molar-refractivity contribution in [1.29, 1.82) is 0 Å². The normalized spacial score (nSPS) is 11.6. The largest absolute Gasteiger partial charge is 0.494 e. The molecule has 0 fully saturated rings. The van der Waals surface area contributed by atoms with Crippen molar-refractivity contribution in [3.63, 3.8) is 0 Å². The first-order valence-electron chi connectivity index (χ1n) is 9.39. The fourth-order valence-corrected chi connectivity index (χ4v) is 2.99. The molecule has 2 N–H and O–H groups in total. The lowest BCUT2D eigenvalue weighted by Gasteiger charge is -2.20. The average Bonchev–Trinajstić information content (AvgIpc) is 2.63. The number of aliphatic imine (C=N–C) groups is 1. The van der Waals surface area contributed by atoms with E-state index in [-0.39, 0.29) is 11.4 Å². The van der Waals surface area contributed by atoms with Crippen molar-refractivity contribution >= 4 is 17.1 Å². The highest BCUT2D eigenvalue weighted by molar-refractivity contribution is 6.01. The molecule has 0 amide bonds. The van der Waals surface area contributed by atoms with E-state index in [2.05, 4.69) is 28.7 Å². The zero-order valence-corrected chi connectivity index (χ0v) is 16.5. The fraction of sp³-hybridized carbons (Fsp3) is 0.450. The van der Waals surface area contributed by atoms with Gasteiger partial charge in [0.05, 0.1) is 11.4 Å². The van der Waals surface area contributed by atoms with Crippen LogP contribution in [-0.4, -0.2) is 33.5 Å². The summed E-state index contributed by atoms with van der Waals surface area (Å²) in [6, 6.07) is 7.70. The van der Waals surface area contributed by atoms with Gasteiger partial charge in [-0.15, -0.1) is 0 Å². The minimum absolute atomic E-state index is 0.0264. The first kappa shape index (κ1) is 20.5. The Kier molecular flexibility index (Phi) is 6.98. The molecular weight excluding hydrogens is 344 g/mol. The van der Waals surface area contributed by atoms with Crippen LogP contribution in [-0.2, 0) is 6.54 Å². The SMILES string of the molecule is CCCCn1c(O)c(C(C)=Nc2ccc(N(CC)CC)cc2)c(=O)[nH]c1=O. The van der Waals surface area contributed by atoms with Gasteiger partial charge in [0.25, 0.3) is 5.56 Å². The summed E-state index contributed by atoms with van der Waals surface area (Å²) in [5, 5.41) is 10.5. The Morgan fingerprint density at radius 2 is 1.78 bits per heavy atom. The van der Waals surface area contributed by atoms with E-state index in [9.17, 15) is 14.7 Å². The third kappa shape index (κ3) is 4.67. The maximum Gasteiger partial charge on any atom is 0.331 e. The summed E-state index contributed by atoms with van der Waals surface area (Å²) in [5.74, 6) is -0.335. The van der Waals surface area contributed by atoms with Crippen molar-refractivity contribution in [2.45, 2.75) is 47.1 Å². The smallest absolute Gasteiger partial charge is 0.331 e. The number of aromatic hydroxyl groups is 1. The molecule has 0 saturated heterocycles. The monoisotopic (exact) mass is 372 g/mol. The Bertz CT molecular complexity index is 906. The molecular formula is C20H28N4O3. The Morgan fingerprint density at radius 3 is 2.33 bits per heavy atom. The van der Waals surface area contributed by atoms with Crippen molar-refractivity contribution < 1.29 is 5.11 Å². The Morgan fingerprint density at radius 1 is 1.15 bits per heavy atom. The van der Waals surface area contributed by atoms with E-state index in [0.717, 1.165) is 31.6 Å². The highest BCUT2D eigenvalue weighted by Crippen LogP contribution is 2.21. The third-order valence-electron chi connectivity index (χ3n) is 4.54. The molecule has 0 saturated carbocycles. The Hall–Kier alpha value is -2.83. The molecule has 7 heteroatoms. The molecule has 2 aromatic rings. The van der Waals surface area contributed by atoms with Gasteiger partial charge in [0.15, 0.2) is 0 Å². The maximum absolute atomic E-state index is 12.2. The predicted octanol–water partition coefficient (Wildman–Crippen LogP) is 3.03. The maximum atomic E-state index is 12.2. The number of unbranched alkanes of at least 4 members (excludes halogenated alkanes) is 1. The first-order valence-corrected chi connectivity index (χ1v) is 9.39. The number of aromatic amines is 1. The number of nitrogens with one attached hydrogen (secondary N) is 1. The van der Waals surface area contributed by atoms with Crippen LogP contribution in [0.25, 0.3) is 0 Å². The molecule has 1 aromatic carbocycles. The zero-order valence-electron chi connectivity index (χ0n) is 16.5. The van der Waals surface area contributed by atoms with E-state index in [1.165, 1.54) is 4.57 Å². The number of aromatic nitrogens is 2. The van der Waals surface area contributed by atoms with Crippen LogP contribution in [0.4, 0.5) is 11.4 Å². The van der Waals surface area contributed by atoms with E-state index < -0.39 is 11.2 Å². The fourth-order valence-electron chi connectivity index (χ4n) is 2.99. The average molecular weight is 372 g/mol. The molecule has 0 bridgehead atoms. The lowest BCUT2D eigenvalue weighted by Crippen LogP contribution is -2.33. The van der Waals surface area contributed by atoms with Gasteiger partial charge in [-0.05, 0) is 51.5 Å². The zero-order chi connectivity index (χ0) is 20.0. The second kappa shape index (κ2) is 9.21. The standard InChI is InChI=1S/C20H28N4O3/c1-5-8-13-24-19(26)17(18(25)22-20(24)27)14(4)21-15-9-11-16(12-10-15)23(6-2)7-3/h9-12,26H,5-8,13H2,1-4H3,(H,22,25,27). The number of anilines is 1. The molecule has 0 unspecified atom stereocenters. The number of benzene rings is 1. The third-order valence-corrected chi connectivity index (χ3v) is 4.54. The topological polar surface area (TPSA) is 90.7 Å². The van der Waals surface area contributed by atoms with Crippen LogP contribution < -0.4 is 16.1 Å². The number of hydrogen-bond acceptors (Lipinski definition) is 5. The summed E-state index contributed by atoms with van der Waals surface area (Å²) >= 11 is 0. The molecule has 0 spiro atoms. The molecule has 2 rings (SSSR count). The van der Waals surface area contributed by atoms with Gasteiger partial charge in [-0.3, -0.25) is 19.3 Å². The van der Waals surface area contributed by atoms with Crippen molar-refractivity contribution in [2.24, 2.45) is 4.99 Å². The van der Waals surface area contributed by atoms with Crippen LogP contribution in [0.1, 0.15) is 46.1 Å². The van der Waals surface area contributed by atoms with Gasteiger partial charge in [-0.25, -0.2) is 4.79 Å². The summed E-state index contributed by atoms with van der Waals surface area (Å²) < 4.78 is 1.18. The molecule has 27 heavy (non-hydrogen) atoms. The molecule has 0 radical (unpaired) electrons. The quantitative estimate of drug-likeness (QED) is 0.697. The van der Waals surface area contributed by atoms with Gasteiger partial charge in [0, 0.05) is 25.3 Å². The Balaban J connectivity index is 2.40. The van der Waals surface area contributed by atoms with Crippen molar-refractivity contribution in [2.75, 3.05) is 18.0 Å². The highest BCUT2D eigenvalue weighted by atomic mass is 16.3. The number of hydrogen-bond donors (Lipinski definition) is 2.